The Morgan fingerprint density at radius 2 is 2.21 bits per heavy atom. The Balaban J connectivity index is 2.72. The molecule has 0 unspecified atom stereocenters. The van der Waals surface area contributed by atoms with Gasteiger partial charge in [-0.25, -0.2) is 0 Å². The van der Waals surface area contributed by atoms with E-state index in [1.54, 1.807) is 6.20 Å². The van der Waals surface area contributed by atoms with Crippen molar-refractivity contribution in [3.8, 4) is 11.3 Å². The molecule has 72 valence electrons. The second-order valence-corrected chi connectivity index (χ2v) is 3.04. The van der Waals surface area contributed by atoms with Crippen molar-refractivity contribution >= 4 is 5.82 Å². The third-order valence-corrected chi connectivity index (χ3v) is 2.05. The first-order valence-corrected chi connectivity index (χ1v) is 4.18. The van der Waals surface area contributed by atoms with Crippen molar-refractivity contribution in [3.63, 3.8) is 0 Å². The highest BCUT2D eigenvalue weighted by molar-refractivity contribution is 5.71. The first-order valence-electron chi connectivity index (χ1n) is 4.18. The molecule has 0 aliphatic carbocycles. The lowest BCUT2D eigenvalue weighted by atomic mass is 10.1. The van der Waals surface area contributed by atoms with Gasteiger partial charge in [-0.2, -0.15) is 0 Å². The summed E-state index contributed by atoms with van der Waals surface area (Å²) in [5.41, 5.74) is 7.31. The molecule has 0 aliphatic rings. The SMILES string of the molecule is Cc1cccnc1-c1c(N)[nH][nH]c1=O. The maximum atomic E-state index is 11.4. The number of aromatic amines is 2. The van der Waals surface area contributed by atoms with E-state index in [2.05, 4.69) is 15.2 Å². The number of nitrogens with zero attached hydrogens (tertiary/aromatic N) is 1. The number of aryl methyl sites for hydroxylation is 1. The summed E-state index contributed by atoms with van der Waals surface area (Å²) in [5, 5.41) is 4.98. The standard InChI is InChI=1S/C9H10N4O/c1-5-3-2-4-11-7(5)6-8(10)12-13-9(6)14/h2-4H,1H3,(H4,10,12,13,14). The molecule has 0 saturated heterocycles. The van der Waals surface area contributed by atoms with Crippen LogP contribution in [0.3, 0.4) is 0 Å². The zero-order valence-electron chi connectivity index (χ0n) is 7.66. The van der Waals surface area contributed by atoms with Gasteiger partial charge in [0.05, 0.1) is 5.69 Å². The summed E-state index contributed by atoms with van der Waals surface area (Å²) in [6.45, 7) is 1.88. The molecule has 2 aromatic heterocycles. The van der Waals surface area contributed by atoms with Crippen molar-refractivity contribution in [2.75, 3.05) is 5.73 Å². The average molecular weight is 190 g/mol. The van der Waals surface area contributed by atoms with E-state index in [1.807, 2.05) is 19.1 Å². The van der Waals surface area contributed by atoms with Gasteiger partial charge in [0.1, 0.15) is 11.4 Å². The van der Waals surface area contributed by atoms with Gasteiger partial charge in [0, 0.05) is 6.20 Å². The largest absolute Gasteiger partial charge is 0.383 e. The Labute approximate surface area is 80.0 Å². The second-order valence-electron chi connectivity index (χ2n) is 3.04. The molecule has 14 heavy (non-hydrogen) atoms. The van der Waals surface area contributed by atoms with Gasteiger partial charge in [0.25, 0.3) is 5.56 Å². The van der Waals surface area contributed by atoms with Crippen molar-refractivity contribution in [1.29, 1.82) is 0 Å². The summed E-state index contributed by atoms with van der Waals surface area (Å²) in [6, 6.07) is 3.70. The maximum absolute atomic E-state index is 11.4. The van der Waals surface area contributed by atoms with Gasteiger partial charge in [-0.1, -0.05) is 6.07 Å². The van der Waals surface area contributed by atoms with Gasteiger partial charge in [-0.05, 0) is 18.6 Å². The summed E-state index contributed by atoms with van der Waals surface area (Å²) >= 11 is 0. The molecule has 2 heterocycles. The highest BCUT2D eigenvalue weighted by atomic mass is 16.1. The van der Waals surface area contributed by atoms with E-state index in [0.29, 0.717) is 17.1 Å². The molecule has 0 amide bonds. The van der Waals surface area contributed by atoms with Gasteiger partial charge in [0.2, 0.25) is 0 Å². The second kappa shape index (κ2) is 3.02. The van der Waals surface area contributed by atoms with Crippen molar-refractivity contribution in [2.45, 2.75) is 6.92 Å². The van der Waals surface area contributed by atoms with Crippen LogP contribution in [-0.4, -0.2) is 15.2 Å². The number of aromatic nitrogens is 3. The fraction of sp³-hybridized carbons (Fsp3) is 0.111. The number of hydrogen-bond acceptors (Lipinski definition) is 3. The van der Waals surface area contributed by atoms with Crippen LogP contribution in [0.1, 0.15) is 5.56 Å². The lowest BCUT2D eigenvalue weighted by Gasteiger charge is -2.00. The molecule has 0 aromatic carbocycles. The lowest BCUT2D eigenvalue weighted by molar-refractivity contribution is 1.06. The van der Waals surface area contributed by atoms with Crippen molar-refractivity contribution in [1.82, 2.24) is 15.2 Å². The van der Waals surface area contributed by atoms with Crippen LogP contribution in [-0.2, 0) is 0 Å². The molecule has 5 nitrogen and oxygen atoms in total. The highest BCUT2D eigenvalue weighted by Crippen LogP contribution is 2.20. The van der Waals surface area contributed by atoms with Crippen LogP contribution in [0.5, 0.6) is 0 Å². The van der Waals surface area contributed by atoms with Crippen LogP contribution in [0, 0.1) is 6.92 Å². The van der Waals surface area contributed by atoms with Crippen LogP contribution >= 0.6 is 0 Å². The summed E-state index contributed by atoms with van der Waals surface area (Å²) in [7, 11) is 0. The van der Waals surface area contributed by atoms with Crippen LogP contribution in [0.2, 0.25) is 0 Å². The minimum absolute atomic E-state index is 0.246. The Morgan fingerprint density at radius 1 is 1.43 bits per heavy atom. The molecular formula is C9H10N4O. The van der Waals surface area contributed by atoms with Crippen LogP contribution in [0.4, 0.5) is 5.82 Å². The molecule has 0 atom stereocenters. The number of nitrogens with two attached hydrogens (primary N) is 1. The normalized spacial score (nSPS) is 10.4. The molecule has 4 N–H and O–H groups in total. The van der Waals surface area contributed by atoms with Gasteiger partial charge in [-0.15, -0.1) is 0 Å². The van der Waals surface area contributed by atoms with Gasteiger partial charge >= 0.3 is 0 Å². The summed E-state index contributed by atoms with van der Waals surface area (Å²) < 4.78 is 0. The Hall–Kier alpha value is -2.04. The van der Waals surface area contributed by atoms with E-state index >= 15 is 0 Å². The number of anilines is 1. The molecule has 0 fully saturated rings. The number of pyridine rings is 1. The maximum Gasteiger partial charge on any atom is 0.275 e. The number of nitrogens with one attached hydrogen (secondary N) is 2. The zero-order valence-corrected chi connectivity index (χ0v) is 7.66. The fourth-order valence-corrected chi connectivity index (χ4v) is 1.35. The molecule has 0 aliphatic heterocycles. The fourth-order valence-electron chi connectivity index (χ4n) is 1.35. The Morgan fingerprint density at radius 3 is 2.79 bits per heavy atom. The minimum Gasteiger partial charge on any atom is -0.383 e. The molecule has 0 spiro atoms. The number of rotatable bonds is 1. The van der Waals surface area contributed by atoms with E-state index in [9.17, 15) is 4.79 Å². The minimum atomic E-state index is -0.246. The molecule has 2 aromatic rings. The lowest BCUT2D eigenvalue weighted by Crippen LogP contribution is -2.04. The predicted molar refractivity (Wildman–Crippen MR) is 53.8 cm³/mol. The van der Waals surface area contributed by atoms with E-state index in [1.165, 1.54) is 0 Å². The quantitative estimate of drug-likeness (QED) is 0.617. The topological polar surface area (TPSA) is 87.6 Å². The monoisotopic (exact) mass is 190 g/mol. The van der Waals surface area contributed by atoms with Crippen molar-refractivity contribution in [2.24, 2.45) is 0 Å². The van der Waals surface area contributed by atoms with E-state index in [-0.39, 0.29) is 5.56 Å². The summed E-state index contributed by atoms with van der Waals surface area (Å²) in [5.74, 6) is 0.316. The molecular weight excluding hydrogens is 180 g/mol. The predicted octanol–water partition coefficient (Wildman–Crippen LogP) is 0.656. The number of nitrogen functional groups attached to an aromatic ring is 1. The Kier molecular flexibility index (Phi) is 1.85. The summed E-state index contributed by atoms with van der Waals surface area (Å²) in [4.78, 5) is 15.5. The van der Waals surface area contributed by atoms with Crippen LogP contribution in [0.15, 0.2) is 23.1 Å². The Bertz CT molecular complexity index is 512. The van der Waals surface area contributed by atoms with E-state index in [0.717, 1.165) is 5.56 Å². The number of H-pyrrole nitrogens is 2. The summed E-state index contributed by atoms with van der Waals surface area (Å²) in [6.07, 6.45) is 1.63. The molecule has 0 radical (unpaired) electrons. The van der Waals surface area contributed by atoms with Gasteiger partial charge < -0.3 is 5.73 Å². The van der Waals surface area contributed by atoms with Crippen LogP contribution < -0.4 is 11.3 Å². The van der Waals surface area contributed by atoms with E-state index < -0.39 is 0 Å². The first-order chi connectivity index (χ1) is 6.70. The zero-order chi connectivity index (χ0) is 10.1. The number of hydrogen-bond donors (Lipinski definition) is 3. The van der Waals surface area contributed by atoms with Crippen molar-refractivity contribution in [3.05, 3.63) is 34.2 Å². The molecule has 0 bridgehead atoms. The third-order valence-electron chi connectivity index (χ3n) is 2.05. The molecule has 2 rings (SSSR count). The van der Waals surface area contributed by atoms with Crippen molar-refractivity contribution < 1.29 is 0 Å². The highest BCUT2D eigenvalue weighted by Gasteiger charge is 2.12. The van der Waals surface area contributed by atoms with Gasteiger partial charge in [0.15, 0.2) is 0 Å². The smallest absolute Gasteiger partial charge is 0.275 e. The van der Waals surface area contributed by atoms with Crippen LogP contribution in [0.25, 0.3) is 11.3 Å². The van der Waals surface area contributed by atoms with E-state index in [4.69, 9.17) is 5.73 Å². The molecule has 0 saturated carbocycles. The molecule has 5 heteroatoms. The average Bonchev–Trinajstić information content (AvgIpc) is 2.48. The van der Waals surface area contributed by atoms with Gasteiger partial charge in [-0.3, -0.25) is 20.0 Å². The third kappa shape index (κ3) is 1.19. The first kappa shape index (κ1) is 8.55.